The van der Waals surface area contributed by atoms with Gasteiger partial charge < -0.3 is 4.57 Å². The topological polar surface area (TPSA) is 52.0 Å². The average Bonchev–Trinajstić information content (AvgIpc) is 3.14. The quantitative estimate of drug-likeness (QED) is 0.265. The Morgan fingerprint density at radius 1 is 0.806 bits per heavy atom. The van der Waals surface area contributed by atoms with E-state index in [1.165, 1.54) is 0 Å². The zero-order valence-electron chi connectivity index (χ0n) is 16.6. The highest BCUT2D eigenvalue weighted by molar-refractivity contribution is 14.1. The van der Waals surface area contributed by atoms with E-state index in [9.17, 15) is 8.42 Å². The summed E-state index contributed by atoms with van der Waals surface area (Å²) in [6.07, 6.45) is 0. The molecular weight excluding hydrogens is 519 g/mol. The van der Waals surface area contributed by atoms with Crippen LogP contribution in [0.2, 0.25) is 0 Å². The fourth-order valence-corrected chi connectivity index (χ4v) is 5.89. The van der Waals surface area contributed by atoms with Gasteiger partial charge in [0, 0.05) is 3.57 Å². The summed E-state index contributed by atoms with van der Waals surface area (Å²) in [6.45, 7) is 0.450. The third-order valence-electron chi connectivity index (χ3n) is 5.35. The van der Waals surface area contributed by atoms with E-state index in [0.717, 1.165) is 31.0 Å². The van der Waals surface area contributed by atoms with Crippen molar-refractivity contribution in [2.24, 2.45) is 0 Å². The minimum Gasteiger partial charge on any atom is -0.310 e. The van der Waals surface area contributed by atoms with E-state index in [1.54, 1.807) is 0 Å². The molecule has 0 amide bonds. The van der Waals surface area contributed by atoms with Crippen molar-refractivity contribution in [1.29, 1.82) is 0 Å². The second kappa shape index (κ2) is 8.09. The largest absolute Gasteiger partial charge is 0.310 e. The summed E-state index contributed by atoms with van der Waals surface area (Å²) in [5.74, 6) is -0.0902. The first kappa shape index (κ1) is 20.2. The van der Waals surface area contributed by atoms with Crippen LogP contribution in [0, 0.1) is 3.57 Å². The van der Waals surface area contributed by atoms with Gasteiger partial charge in [-0.25, -0.2) is 13.4 Å². The van der Waals surface area contributed by atoms with Crippen molar-refractivity contribution in [3.05, 3.63) is 106 Å². The lowest BCUT2D eigenvalue weighted by atomic mass is 10.1. The number of para-hydroxylation sites is 2. The smallest absolute Gasteiger partial charge is 0.229 e. The van der Waals surface area contributed by atoms with Gasteiger partial charge >= 0.3 is 0 Å². The fraction of sp³-hybridized carbons (Fsp3) is 0.0800. The molecule has 0 aliphatic carbocycles. The Hall–Kier alpha value is -2.71. The first-order valence-corrected chi connectivity index (χ1v) is 12.6. The molecule has 0 saturated carbocycles. The Labute approximate surface area is 194 Å². The van der Waals surface area contributed by atoms with Gasteiger partial charge in [-0.3, -0.25) is 0 Å². The molecule has 31 heavy (non-hydrogen) atoms. The number of hydrogen-bond donors (Lipinski definition) is 0. The van der Waals surface area contributed by atoms with E-state index in [0.29, 0.717) is 12.1 Å². The van der Waals surface area contributed by atoms with Gasteiger partial charge in [0.05, 0.1) is 23.3 Å². The maximum atomic E-state index is 13.5. The van der Waals surface area contributed by atoms with Gasteiger partial charge in [0.25, 0.3) is 0 Å². The number of imidazole rings is 1. The molecule has 0 saturated heterocycles. The number of rotatable bonds is 5. The molecule has 0 unspecified atom stereocenters. The summed E-state index contributed by atoms with van der Waals surface area (Å²) in [6, 6.07) is 29.3. The first-order chi connectivity index (χ1) is 15.0. The minimum absolute atomic E-state index is 0.0902. The molecule has 6 heteroatoms. The van der Waals surface area contributed by atoms with Crippen LogP contribution >= 0.6 is 22.6 Å². The van der Waals surface area contributed by atoms with Gasteiger partial charge in [0.1, 0.15) is 0 Å². The van der Waals surface area contributed by atoms with Gasteiger partial charge in [-0.2, -0.15) is 0 Å². The van der Waals surface area contributed by atoms with Crippen LogP contribution in [-0.2, 0) is 22.1 Å². The molecule has 0 radical (unpaired) electrons. The van der Waals surface area contributed by atoms with Crippen molar-refractivity contribution in [3.63, 3.8) is 0 Å². The van der Waals surface area contributed by atoms with E-state index < -0.39 is 9.84 Å². The third-order valence-corrected chi connectivity index (χ3v) is 7.99. The van der Waals surface area contributed by atoms with Crippen LogP contribution in [0.5, 0.6) is 0 Å². The second-order valence-corrected chi connectivity index (χ2v) is 10.5. The molecule has 1 aromatic heterocycles. The van der Waals surface area contributed by atoms with Gasteiger partial charge in [-0.1, -0.05) is 72.8 Å². The van der Waals surface area contributed by atoms with Crippen LogP contribution in [0.25, 0.3) is 21.8 Å². The lowest BCUT2D eigenvalue weighted by Crippen LogP contribution is -2.14. The predicted molar refractivity (Wildman–Crippen MR) is 133 cm³/mol. The number of nitrogens with zero attached hydrogens (tertiary/aromatic N) is 2. The summed E-state index contributed by atoms with van der Waals surface area (Å²) >= 11 is 2.29. The molecule has 0 spiro atoms. The van der Waals surface area contributed by atoms with Crippen molar-refractivity contribution in [3.8, 4) is 0 Å². The Bertz CT molecular complexity index is 1520. The fourth-order valence-electron chi connectivity index (χ4n) is 3.85. The van der Waals surface area contributed by atoms with Gasteiger partial charge in [0.15, 0.2) is 0 Å². The van der Waals surface area contributed by atoms with Crippen molar-refractivity contribution in [2.75, 3.05) is 0 Å². The summed E-state index contributed by atoms with van der Waals surface area (Å²) in [5, 5.41) is 2.23. The Morgan fingerprint density at radius 3 is 2.35 bits per heavy atom. The first-order valence-electron chi connectivity index (χ1n) is 9.90. The van der Waals surface area contributed by atoms with Crippen molar-refractivity contribution >= 4 is 54.2 Å². The van der Waals surface area contributed by atoms with Crippen LogP contribution in [-0.4, -0.2) is 18.0 Å². The molecule has 4 aromatic carbocycles. The SMILES string of the molecule is O=S(=O)(Cc1ccc2ccccc2c1)c1nc2ccccc2n1Cc1ccccc1I. The van der Waals surface area contributed by atoms with E-state index in [2.05, 4.69) is 27.6 Å². The average molecular weight is 538 g/mol. The third kappa shape index (κ3) is 3.97. The summed E-state index contributed by atoms with van der Waals surface area (Å²) < 4.78 is 30.0. The standard InChI is InChI=1S/C25H19IN2O2S/c26-22-10-4-3-9-21(22)16-28-24-12-6-5-11-23(24)27-25(28)31(29,30)17-18-13-14-19-7-1-2-8-20(19)15-18/h1-15H,16-17H2. The van der Waals surface area contributed by atoms with Crippen molar-refractivity contribution < 1.29 is 8.42 Å². The van der Waals surface area contributed by atoms with Crippen LogP contribution < -0.4 is 0 Å². The van der Waals surface area contributed by atoms with Gasteiger partial charge in [-0.15, -0.1) is 0 Å². The van der Waals surface area contributed by atoms with E-state index in [-0.39, 0.29) is 10.9 Å². The highest BCUT2D eigenvalue weighted by Crippen LogP contribution is 2.26. The number of fused-ring (bicyclic) bond motifs is 2. The number of halogens is 1. The Balaban J connectivity index is 1.60. The van der Waals surface area contributed by atoms with E-state index in [1.807, 2.05) is 95.6 Å². The zero-order chi connectivity index (χ0) is 21.4. The van der Waals surface area contributed by atoms with Crippen LogP contribution in [0.1, 0.15) is 11.1 Å². The molecule has 5 aromatic rings. The van der Waals surface area contributed by atoms with Crippen molar-refractivity contribution in [2.45, 2.75) is 17.5 Å². The normalized spacial score (nSPS) is 11.9. The van der Waals surface area contributed by atoms with Crippen LogP contribution in [0.15, 0.2) is 96.2 Å². The lowest BCUT2D eigenvalue weighted by Gasteiger charge is -2.12. The zero-order valence-corrected chi connectivity index (χ0v) is 19.5. The number of hydrogen-bond acceptors (Lipinski definition) is 3. The molecule has 0 bridgehead atoms. The van der Waals surface area contributed by atoms with Crippen molar-refractivity contribution in [1.82, 2.24) is 9.55 Å². The number of sulfone groups is 1. The number of aromatic nitrogens is 2. The molecule has 0 aliphatic rings. The molecule has 5 rings (SSSR count). The summed E-state index contributed by atoms with van der Waals surface area (Å²) in [4.78, 5) is 4.54. The van der Waals surface area contributed by atoms with E-state index in [4.69, 9.17) is 0 Å². The molecule has 1 heterocycles. The molecule has 0 aliphatic heterocycles. The maximum Gasteiger partial charge on any atom is 0.229 e. The molecule has 0 fully saturated rings. The minimum atomic E-state index is -3.66. The van der Waals surface area contributed by atoms with Crippen LogP contribution in [0.4, 0.5) is 0 Å². The van der Waals surface area contributed by atoms with Gasteiger partial charge in [-0.05, 0) is 62.7 Å². The molecule has 154 valence electrons. The van der Waals surface area contributed by atoms with Crippen LogP contribution in [0.3, 0.4) is 0 Å². The van der Waals surface area contributed by atoms with E-state index >= 15 is 0 Å². The maximum absolute atomic E-state index is 13.5. The summed E-state index contributed by atoms with van der Waals surface area (Å²) in [7, 11) is -3.66. The highest BCUT2D eigenvalue weighted by atomic mass is 127. The summed E-state index contributed by atoms with van der Waals surface area (Å²) in [5.41, 5.74) is 3.32. The Kier molecular flexibility index (Phi) is 5.27. The molecule has 4 nitrogen and oxygen atoms in total. The lowest BCUT2D eigenvalue weighted by molar-refractivity contribution is 0.574. The van der Waals surface area contributed by atoms with Gasteiger partial charge in [0.2, 0.25) is 15.0 Å². The monoisotopic (exact) mass is 538 g/mol. The highest BCUT2D eigenvalue weighted by Gasteiger charge is 2.25. The number of benzene rings is 4. The second-order valence-electron chi connectivity index (χ2n) is 7.50. The molecule has 0 N–H and O–H groups in total. The predicted octanol–water partition coefficient (Wildman–Crippen LogP) is 5.82. The molecule has 0 atom stereocenters. The molecular formula is C25H19IN2O2S. The Morgan fingerprint density at radius 2 is 1.52 bits per heavy atom.